The predicted molar refractivity (Wildman–Crippen MR) is 60.4 cm³/mol. The summed E-state index contributed by atoms with van der Waals surface area (Å²) in [6.45, 7) is 3.69. The fraction of sp³-hybridized carbons (Fsp3) is 1.00. The molecule has 14 heavy (non-hydrogen) atoms. The monoisotopic (exact) mass is 199 g/mol. The van der Waals surface area contributed by atoms with Crippen LogP contribution in [0, 0.1) is 5.92 Å². The number of nitrogens with zero attached hydrogens (tertiary/aromatic N) is 1. The van der Waals surface area contributed by atoms with Gasteiger partial charge >= 0.3 is 0 Å². The average Bonchev–Trinajstić information content (AvgIpc) is 2.25. The molecule has 0 bridgehead atoms. The molecule has 0 saturated heterocycles. The van der Waals surface area contributed by atoms with Crippen LogP contribution in [0.4, 0.5) is 0 Å². The van der Waals surface area contributed by atoms with Crippen LogP contribution < -0.4 is 0 Å². The zero-order valence-electron chi connectivity index (χ0n) is 9.71. The summed E-state index contributed by atoms with van der Waals surface area (Å²) in [4.78, 5) is 2.46. The molecule has 1 aliphatic carbocycles. The Morgan fingerprint density at radius 3 is 2.64 bits per heavy atom. The summed E-state index contributed by atoms with van der Waals surface area (Å²) < 4.78 is 0. The number of hydrogen-bond donors (Lipinski definition) is 1. The van der Waals surface area contributed by atoms with Gasteiger partial charge in [0.25, 0.3) is 0 Å². The van der Waals surface area contributed by atoms with Crippen LogP contribution >= 0.6 is 0 Å². The molecule has 0 amide bonds. The predicted octanol–water partition coefficient (Wildman–Crippen LogP) is 2.27. The maximum absolute atomic E-state index is 8.81. The lowest BCUT2D eigenvalue weighted by Gasteiger charge is -2.37. The Hall–Kier alpha value is -0.0800. The lowest BCUT2D eigenvalue weighted by molar-refractivity contribution is 0.118. The highest BCUT2D eigenvalue weighted by Gasteiger charge is 2.26. The first-order chi connectivity index (χ1) is 6.79. The minimum atomic E-state index is 0.327. The second kappa shape index (κ2) is 6.41. The van der Waals surface area contributed by atoms with Crippen LogP contribution in [0.5, 0.6) is 0 Å². The van der Waals surface area contributed by atoms with Crippen LogP contribution in [0.25, 0.3) is 0 Å². The molecular formula is C12H25NO. The fourth-order valence-corrected chi connectivity index (χ4v) is 2.73. The number of rotatable bonds is 5. The number of aliphatic hydroxyl groups excluding tert-OH is 1. The van der Waals surface area contributed by atoms with Gasteiger partial charge < -0.3 is 10.0 Å². The van der Waals surface area contributed by atoms with E-state index in [2.05, 4.69) is 18.9 Å². The van der Waals surface area contributed by atoms with E-state index in [1.807, 2.05) is 0 Å². The Labute approximate surface area is 88.3 Å². The van der Waals surface area contributed by atoms with Crippen LogP contribution in [0.1, 0.15) is 45.4 Å². The smallest absolute Gasteiger partial charge is 0.0443 e. The van der Waals surface area contributed by atoms with Crippen molar-refractivity contribution in [3.63, 3.8) is 0 Å². The maximum Gasteiger partial charge on any atom is 0.0443 e. The van der Waals surface area contributed by atoms with E-state index >= 15 is 0 Å². The largest absolute Gasteiger partial charge is 0.396 e. The van der Waals surface area contributed by atoms with Gasteiger partial charge in [0, 0.05) is 19.2 Å². The lowest BCUT2D eigenvalue weighted by Crippen LogP contribution is -2.40. The molecule has 0 aromatic rings. The second-order valence-electron chi connectivity index (χ2n) is 4.58. The van der Waals surface area contributed by atoms with E-state index in [0.29, 0.717) is 6.61 Å². The van der Waals surface area contributed by atoms with Gasteiger partial charge in [0.2, 0.25) is 0 Å². The molecule has 0 spiro atoms. The van der Waals surface area contributed by atoms with E-state index in [0.717, 1.165) is 24.9 Å². The first-order valence-electron chi connectivity index (χ1n) is 6.10. The summed E-state index contributed by atoms with van der Waals surface area (Å²) in [5.41, 5.74) is 0. The normalized spacial score (nSPS) is 28.3. The summed E-state index contributed by atoms with van der Waals surface area (Å²) >= 11 is 0. The van der Waals surface area contributed by atoms with E-state index < -0.39 is 0 Å². The van der Waals surface area contributed by atoms with Crippen molar-refractivity contribution in [2.45, 2.75) is 51.5 Å². The maximum atomic E-state index is 8.81. The molecule has 84 valence electrons. The molecule has 1 fully saturated rings. The van der Waals surface area contributed by atoms with Crippen LogP contribution in [0.3, 0.4) is 0 Å². The van der Waals surface area contributed by atoms with Gasteiger partial charge in [0.1, 0.15) is 0 Å². The quantitative estimate of drug-likeness (QED) is 0.734. The molecule has 0 radical (unpaired) electrons. The molecule has 2 nitrogen and oxygen atoms in total. The zero-order chi connectivity index (χ0) is 10.4. The van der Waals surface area contributed by atoms with E-state index in [1.54, 1.807) is 0 Å². The summed E-state index contributed by atoms with van der Waals surface area (Å²) in [5, 5.41) is 8.81. The average molecular weight is 199 g/mol. The number of aliphatic hydroxyl groups is 1. The van der Waals surface area contributed by atoms with Gasteiger partial charge in [-0.05, 0) is 32.2 Å². The summed E-state index contributed by atoms with van der Waals surface area (Å²) in [6.07, 6.45) is 7.82. The highest BCUT2D eigenvalue weighted by Crippen LogP contribution is 2.29. The Bertz CT molecular complexity index is 149. The van der Waals surface area contributed by atoms with E-state index in [1.165, 1.54) is 32.1 Å². The molecule has 0 heterocycles. The Morgan fingerprint density at radius 1 is 1.29 bits per heavy atom. The summed E-state index contributed by atoms with van der Waals surface area (Å²) in [5.74, 6) is 0.896. The third-order valence-electron chi connectivity index (χ3n) is 3.63. The van der Waals surface area contributed by atoms with Crippen molar-refractivity contribution >= 4 is 0 Å². The Balaban J connectivity index is 2.37. The molecule has 1 rings (SSSR count). The lowest BCUT2D eigenvalue weighted by atomic mass is 9.82. The number of hydrogen-bond acceptors (Lipinski definition) is 2. The van der Waals surface area contributed by atoms with E-state index in [-0.39, 0.29) is 0 Å². The molecule has 0 aliphatic heterocycles. The van der Waals surface area contributed by atoms with Crippen molar-refractivity contribution in [1.82, 2.24) is 4.90 Å². The van der Waals surface area contributed by atoms with Gasteiger partial charge in [-0.2, -0.15) is 0 Å². The molecule has 2 unspecified atom stereocenters. The van der Waals surface area contributed by atoms with Crippen LogP contribution in [0.2, 0.25) is 0 Å². The summed E-state index contributed by atoms with van der Waals surface area (Å²) in [7, 11) is 2.22. The molecule has 1 N–H and O–H groups in total. The topological polar surface area (TPSA) is 23.5 Å². The third kappa shape index (κ3) is 3.25. The summed E-state index contributed by atoms with van der Waals surface area (Å²) in [6, 6.07) is 0.778. The first kappa shape index (κ1) is 12.0. The van der Waals surface area contributed by atoms with E-state index in [4.69, 9.17) is 5.11 Å². The van der Waals surface area contributed by atoms with Crippen molar-refractivity contribution in [3.05, 3.63) is 0 Å². The SMILES string of the molecule is CCC1CCCCC1N(C)CCCO. The minimum absolute atomic E-state index is 0.327. The van der Waals surface area contributed by atoms with Gasteiger partial charge in [-0.15, -0.1) is 0 Å². The van der Waals surface area contributed by atoms with Gasteiger partial charge in [-0.1, -0.05) is 26.2 Å². The van der Waals surface area contributed by atoms with Crippen LogP contribution in [0.15, 0.2) is 0 Å². The molecule has 0 aromatic carbocycles. The molecule has 0 aromatic heterocycles. The molecule has 2 heteroatoms. The van der Waals surface area contributed by atoms with Gasteiger partial charge in [-0.3, -0.25) is 0 Å². The van der Waals surface area contributed by atoms with Crippen molar-refractivity contribution in [2.75, 3.05) is 20.2 Å². The highest BCUT2D eigenvalue weighted by molar-refractivity contribution is 4.81. The van der Waals surface area contributed by atoms with Crippen molar-refractivity contribution < 1.29 is 5.11 Å². The zero-order valence-corrected chi connectivity index (χ0v) is 9.71. The second-order valence-corrected chi connectivity index (χ2v) is 4.58. The van der Waals surface area contributed by atoms with Crippen LogP contribution in [-0.2, 0) is 0 Å². The first-order valence-corrected chi connectivity index (χ1v) is 6.10. The standard InChI is InChI=1S/C12H25NO/c1-3-11-7-4-5-8-12(11)13(2)9-6-10-14/h11-12,14H,3-10H2,1-2H3. The molecule has 1 saturated carbocycles. The van der Waals surface area contributed by atoms with E-state index in [9.17, 15) is 0 Å². The van der Waals surface area contributed by atoms with Gasteiger partial charge in [0.05, 0.1) is 0 Å². The Kier molecular flexibility index (Phi) is 5.49. The van der Waals surface area contributed by atoms with Gasteiger partial charge in [0.15, 0.2) is 0 Å². The van der Waals surface area contributed by atoms with Crippen molar-refractivity contribution in [2.24, 2.45) is 5.92 Å². The third-order valence-corrected chi connectivity index (χ3v) is 3.63. The van der Waals surface area contributed by atoms with Gasteiger partial charge in [-0.25, -0.2) is 0 Å². The van der Waals surface area contributed by atoms with Crippen molar-refractivity contribution in [1.29, 1.82) is 0 Å². The van der Waals surface area contributed by atoms with Crippen LogP contribution in [-0.4, -0.2) is 36.2 Å². The Morgan fingerprint density at radius 2 is 2.00 bits per heavy atom. The van der Waals surface area contributed by atoms with Crippen molar-refractivity contribution in [3.8, 4) is 0 Å². The molecular weight excluding hydrogens is 174 g/mol. The fourth-order valence-electron chi connectivity index (χ4n) is 2.73. The molecule has 1 aliphatic rings. The minimum Gasteiger partial charge on any atom is -0.396 e. The molecule has 2 atom stereocenters. The highest BCUT2D eigenvalue weighted by atomic mass is 16.3.